The first-order valence-electron chi connectivity index (χ1n) is 8.86. The Balaban J connectivity index is 1.53. The molecule has 2 heterocycles. The van der Waals surface area contributed by atoms with Gasteiger partial charge in [0.2, 0.25) is 5.91 Å². The highest BCUT2D eigenvalue weighted by atomic mass is 32.2. The van der Waals surface area contributed by atoms with Crippen molar-refractivity contribution in [3.8, 4) is 0 Å². The van der Waals surface area contributed by atoms with E-state index in [4.69, 9.17) is 4.42 Å². The number of fused-ring (bicyclic) bond motifs is 2. The van der Waals surface area contributed by atoms with Gasteiger partial charge in [0.1, 0.15) is 23.7 Å². The molecule has 0 fully saturated rings. The molecule has 2 aromatic carbocycles. The van der Waals surface area contributed by atoms with Crippen molar-refractivity contribution in [3.63, 3.8) is 0 Å². The Hall–Kier alpha value is -2.73. The minimum absolute atomic E-state index is 0.0616. The molecular formula is C21H21N3O2S. The second-order valence-electron chi connectivity index (χ2n) is 6.51. The summed E-state index contributed by atoms with van der Waals surface area (Å²) in [6.07, 6.45) is 2.04. The summed E-state index contributed by atoms with van der Waals surface area (Å²) in [5.41, 5.74) is 2.73. The van der Waals surface area contributed by atoms with Gasteiger partial charge in [-0.25, -0.2) is 4.98 Å². The monoisotopic (exact) mass is 379 g/mol. The molecule has 4 aromatic rings. The van der Waals surface area contributed by atoms with Crippen LogP contribution in [0.5, 0.6) is 0 Å². The van der Waals surface area contributed by atoms with Gasteiger partial charge >= 0.3 is 0 Å². The molecular weight excluding hydrogens is 358 g/mol. The molecule has 138 valence electrons. The van der Waals surface area contributed by atoms with Gasteiger partial charge in [-0.15, -0.1) is 0 Å². The van der Waals surface area contributed by atoms with E-state index in [1.807, 2.05) is 72.3 Å². The van der Waals surface area contributed by atoms with E-state index in [1.165, 1.54) is 0 Å². The Kier molecular flexibility index (Phi) is 4.90. The highest BCUT2D eigenvalue weighted by Crippen LogP contribution is 2.24. The van der Waals surface area contributed by atoms with Gasteiger partial charge < -0.3 is 14.3 Å². The summed E-state index contributed by atoms with van der Waals surface area (Å²) in [5, 5.41) is 4.08. The molecule has 1 amide bonds. The summed E-state index contributed by atoms with van der Waals surface area (Å²) in [7, 11) is 0. The molecule has 5 nitrogen and oxygen atoms in total. The molecule has 27 heavy (non-hydrogen) atoms. The second-order valence-corrected chi connectivity index (χ2v) is 7.38. The highest BCUT2D eigenvalue weighted by molar-refractivity contribution is 7.97. The van der Waals surface area contributed by atoms with E-state index >= 15 is 0 Å². The minimum atomic E-state index is -0.205. The third kappa shape index (κ3) is 3.57. The lowest BCUT2D eigenvalue weighted by Crippen LogP contribution is -2.30. The molecule has 0 saturated carbocycles. The van der Waals surface area contributed by atoms with Crippen molar-refractivity contribution in [3.05, 3.63) is 66.2 Å². The predicted molar refractivity (Wildman–Crippen MR) is 110 cm³/mol. The molecule has 0 aliphatic carbocycles. The van der Waals surface area contributed by atoms with Crippen LogP contribution in [0, 0.1) is 0 Å². The van der Waals surface area contributed by atoms with Crippen LogP contribution < -0.4 is 5.32 Å². The number of benzene rings is 2. The maximum Gasteiger partial charge on any atom is 0.240 e. The Morgan fingerprint density at radius 2 is 2.00 bits per heavy atom. The van der Waals surface area contributed by atoms with Gasteiger partial charge in [0.15, 0.2) is 0 Å². The number of furan rings is 1. The lowest BCUT2D eigenvalue weighted by Gasteiger charge is -2.13. The van der Waals surface area contributed by atoms with E-state index in [0.717, 1.165) is 39.3 Å². The molecule has 0 aliphatic rings. The smallest absolute Gasteiger partial charge is 0.240 e. The summed E-state index contributed by atoms with van der Waals surface area (Å²) >= 11 is 1.69. The number of carbonyl (C=O) groups excluding carboxylic acids is 1. The third-order valence-electron chi connectivity index (χ3n) is 4.56. The fourth-order valence-corrected chi connectivity index (χ4v) is 3.74. The number of rotatable bonds is 6. The largest absolute Gasteiger partial charge is 0.459 e. The van der Waals surface area contributed by atoms with E-state index in [2.05, 4.69) is 10.3 Å². The van der Waals surface area contributed by atoms with Crippen LogP contribution in [0.4, 0.5) is 0 Å². The molecule has 2 aromatic heterocycles. The van der Waals surface area contributed by atoms with E-state index in [1.54, 1.807) is 11.8 Å². The highest BCUT2D eigenvalue weighted by Gasteiger charge is 2.17. The minimum Gasteiger partial charge on any atom is -0.459 e. The Morgan fingerprint density at radius 3 is 2.81 bits per heavy atom. The first kappa shape index (κ1) is 17.7. The van der Waals surface area contributed by atoms with Gasteiger partial charge in [0.25, 0.3) is 0 Å². The van der Waals surface area contributed by atoms with E-state index in [9.17, 15) is 4.79 Å². The number of para-hydroxylation sites is 3. The van der Waals surface area contributed by atoms with E-state index in [0.29, 0.717) is 0 Å². The maximum atomic E-state index is 12.7. The quantitative estimate of drug-likeness (QED) is 0.535. The average Bonchev–Trinajstić information content (AvgIpc) is 3.24. The number of amides is 1. The van der Waals surface area contributed by atoms with Crippen molar-refractivity contribution in [2.45, 2.75) is 25.3 Å². The van der Waals surface area contributed by atoms with E-state index in [-0.39, 0.29) is 18.5 Å². The predicted octanol–water partition coefficient (Wildman–Crippen LogP) is 4.52. The zero-order valence-electron chi connectivity index (χ0n) is 15.3. The normalized spacial score (nSPS) is 12.5. The van der Waals surface area contributed by atoms with Crippen molar-refractivity contribution >= 4 is 39.7 Å². The lowest BCUT2D eigenvalue weighted by molar-refractivity contribution is -0.122. The first-order chi connectivity index (χ1) is 13.2. The molecule has 0 saturated heterocycles. The van der Waals surface area contributed by atoms with Gasteiger partial charge in [-0.1, -0.05) is 30.3 Å². The summed E-state index contributed by atoms with van der Waals surface area (Å²) in [4.78, 5) is 17.4. The summed E-state index contributed by atoms with van der Waals surface area (Å²) in [5.74, 6) is 2.37. The Labute approximate surface area is 161 Å². The van der Waals surface area contributed by atoms with Crippen LogP contribution in [0.2, 0.25) is 0 Å². The number of imidazole rings is 1. The second kappa shape index (κ2) is 7.48. The van der Waals surface area contributed by atoms with Crippen LogP contribution in [0.3, 0.4) is 0 Å². The van der Waals surface area contributed by atoms with Crippen LogP contribution in [0.15, 0.2) is 59.0 Å². The number of hydrogen-bond donors (Lipinski definition) is 1. The molecule has 1 N–H and O–H groups in total. The van der Waals surface area contributed by atoms with Crippen molar-refractivity contribution < 1.29 is 9.21 Å². The van der Waals surface area contributed by atoms with Gasteiger partial charge in [0, 0.05) is 5.39 Å². The van der Waals surface area contributed by atoms with Gasteiger partial charge in [-0.05, 0) is 37.4 Å². The third-order valence-corrected chi connectivity index (χ3v) is 5.10. The fourth-order valence-electron chi connectivity index (χ4n) is 3.26. The van der Waals surface area contributed by atoms with Crippen molar-refractivity contribution in [1.29, 1.82) is 0 Å². The van der Waals surface area contributed by atoms with Crippen molar-refractivity contribution in [1.82, 2.24) is 14.9 Å². The number of carbonyl (C=O) groups is 1. The molecule has 0 bridgehead atoms. The number of nitrogens with one attached hydrogen (secondary N) is 1. The molecule has 0 aliphatic heterocycles. The van der Waals surface area contributed by atoms with Crippen LogP contribution >= 0.6 is 11.8 Å². The van der Waals surface area contributed by atoms with Gasteiger partial charge in [-0.3, -0.25) is 4.79 Å². The van der Waals surface area contributed by atoms with Crippen LogP contribution in [0.1, 0.15) is 24.6 Å². The van der Waals surface area contributed by atoms with Gasteiger partial charge in [0.05, 0.1) is 22.8 Å². The summed E-state index contributed by atoms with van der Waals surface area (Å²) < 4.78 is 7.85. The topological polar surface area (TPSA) is 60.1 Å². The number of hydrogen-bond acceptors (Lipinski definition) is 4. The van der Waals surface area contributed by atoms with Crippen LogP contribution in [-0.4, -0.2) is 21.7 Å². The first-order valence-corrected chi connectivity index (χ1v) is 10.3. The maximum absolute atomic E-state index is 12.7. The number of aromatic nitrogens is 2. The molecule has 0 spiro atoms. The zero-order chi connectivity index (χ0) is 18.8. The van der Waals surface area contributed by atoms with Crippen molar-refractivity contribution in [2.24, 2.45) is 0 Å². The van der Waals surface area contributed by atoms with Crippen LogP contribution in [0.25, 0.3) is 22.0 Å². The van der Waals surface area contributed by atoms with E-state index < -0.39 is 0 Å². The lowest BCUT2D eigenvalue weighted by atomic mass is 10.2. The number of nitrogens with zero attached hydrogens (tertiary/aromatic N) is 2. The SMILES string of the molecule is CSCc1nc2ccccc2n1CC(=O)N[C@@H](C)c1cc2ccccc2o1. The molecule has 4 rings (SSSR count). The average molecular weight is 379 g/mol. The zero-order valence-corrected chi connectivity index (χ0v) is 16.1. The fraction of sp³-hybridized carbons (Fsp3) is 0.238. The number of thioether (sulfide) groups is 1. The summed E-state index contributed by atoms with van der Waals surface area (Å²) in [6.45, 7) is 2.17. The van der Waals surface area contributed by atoms with Crippen LogP contribution in [-0.2, 0) is 17.1 Å². The Bertz CT molecular complexity index is 1070. The van der Waals surface area contributed by atoms with Crippen molar-refractivity contribution in [2.75, 3.05) is 6.26 Å². The summed E-state index contributed by atoms with van der Waals surface area (Å²) in [6, 6.07) is 17.5. The molecule has 6 heteroatoms. The standard InChI is InChI=1S/C21H21N3O2S/c1-14(19-11-15-7-3-6-10-18(15)26-19)22-21(25)12-24-17-9-5-4-8-16(17)23-20(24)13-27-2/h3-11,14H,12-13H2,1-2H3,(H,22,25)/t14-/m0/s1. The molecule has 0 unspecified atom stereocenters. The van der Waals surface area contributed by atoms with Gasteiger partial charge in [-0.2, -0.15) is 11.8 Å². The molecule has 0 radical (unpaired) electrons. The Morgan fingerprint density at radius 1 is 1.22 bits per heavy atom. The molecule has 1 atom stereocenters.